The van der Waals surface area contributed by atoms with Crippen molar-refractivity contribution in [3.05, 3.63) is 85.1 Å². The zero-order chi connectivity index (χ0) is 18.8. The molecule has 0 amide bonds. The lowest BCUT2D eigenvalue weighted by molar-refractivity contribution is -0.394. The number of allylic oxidation sites excluding steroid dienone is 2. The van der Waals surface area contributed by atoms with Crippen molar-refractivity contribution in [2.45, 2.75) is 6.92 Å². The third-order valence-electron chi connectivity index (χ3n) is 4.09. The van der Waals surface area contributed by atoms with Gasteiger partial charge in [0.05, 0.1) is 21.5 Å². The first kappa shape index (κ1) is 17.6. The topological polar surface area (TPSA) is 89.5 Å². The van der Waals surface area contributed by atoms with Crippen LogP contribution in [0.25, 0.3) is 11.6 Å². The van der Waals surface area contributed by atoms with Crippen LogP contribution in [0.3, 0.4) is 0 Å². The molecule has 0 aromatic heterocycles. The van der Waals surface area contributed by atoms with Crippen LogP contribution in [-0.2, 0) is 0 Å². The minimum absolute atomic E-state index is 0.288. The van der Waals surface area contributed by atoms with Crippen LogP contribution in [0.4, 0.5) is 17.1 Å². The number of rotatable bonds is 4. The van der Waals surface area contributed by atoms with E-state index in [0.29, 0.717) is 5.02 Å². The number of halogens is 1. The van der Waals surface area contributed by atoms with Gasteiger partial charge in [0, 0.05) is 35.1 Å². The van der Waals surface area contributed by atoms with Crippen LogP contribution >= 0.6 is 11.6 Å². The van der Waals surface area contributed by atoms with Gasteiger partial charge in [-0.15, -0.1) is 0 Å². The second kappa shape index (κ2) is 6.97. The predicted molar refractivity (Wildman–Crippen MR) is 101 cm³/mol. The SMILES string of the molecule is CCN1C=C/C(=C/c2ccc([N+](=O)[O-])cc2[N+](=O)[O-])c2cc(Cl)ccc21. The average Bonchev–Trinajstić information content (AvgIpc) is 2.62. The maximum Gasteiger partial charge on any atom is 0.283 e. The number of anilines is 1. The van der Waals surface area contributed by atoms with Crippen molar-refractivity contribution in [2.75, 3.05) is 11.4 Å². The Balaban J connectivity index is 2.15. The van der Waals surface area contributed by atoms with Crippen molar-refractivity contribution >= 4 is 40.3 Å². The van der Waals surface area contributed by atoms with Gasteiger partial charge in [-0.2, -0.15) is 0 Å². The molecule has 1 aliphatic heterocycles. The number of non-ortho nitro benzene ring substituents is 1. The van der Waals surface area contributed by atoms with Crippen LogP contribution in [-0.4, -0.2) is 16.4 Å². The zero-order valence-corrected chi connectivity index (χ0v) is 14.5. The Morgan fingerprint density at radius 3 is 2.54 bits per heavy atom. The van der Waals surface area contributed by atoms with Gasteiger partial charge in [0.1, 0.15) is 0 Å². The summed E-state index contributed by atoms with van der Waals surface area (Å²) in [6.45, 7) is 2.77. The first-order valence-electron chi connectivity index (χ1n) is 7.80. The van der Waals surface area contributed by atoms with Crippen molar-refractivity contribution < 1.29 is 9.85 Å². The van der Waals surface area contributed by atoms with Gasteiger partial charge in [-0.05, 0) is 48.9 Å². The van der Waals surface area contributed by atoms with Gasteiger partial charge in [-0.1, -0.05) is 11.6 Å². The van der Waals surface area contributed by atoms with E-state index in [1.165, 1.54) is 12.1 Å². The Hall–Kier alpha value is -3.19. The van der Waals surface area contributed by atoms with Crippen LogP contribution in [0.1, 0.15) is 18.1 Å². The number of fused-ring (bicyclic) bond motifs is 1. The lowest BCUT2D eigenvalue weighted by Crippen LogP contribution is -2.18. The van der Waals surface area contributed by atoms with Gasteiger partial charge in [0.15, 0.2) is 0 Å². The van der Waals surface area contributed by atoms with E-state index in [0.717, 1.165) is 29.4 Å². The molecule has 0 aliphatic carbocycles. The van der Waals surface area contributed by atoms with Gasteiger partial charge >= 0.3 is 0 Å². The van der Waals surface area contributed by atoms with Crippen LogP contribution in [0.2, 0.25) is 5.02 Å². The van der Waals surface area contributed by atoms with Gasteiger partial charge < -0.3 is 4.90 Å². The quantitative estimate of drug-likeness (QED) is 0.554. The maximum atomic E-state index is 11.3. The average molecular weight is 372 g/mol. The van der Waals surface area contributed by atoms with Crippen LogP contribution in [0, 0.1) is 20.2 Å². The van der Waals surface area contributed by atoms with Gasteiger partial charge in [-0.3, -0.25) is 20.2 Å². The molecule has 0 N–H and O–H groups in total. The highest BCUT2D eigenvalue weighted by atomic mass is 35.5. The molecule has 0 saturated carbocycles. The highest BCUT2D eigenvalue weighted by molar-refractivity contribution is 6.31. The number of nitrogens with zero attached hydrogens (tertiary/aromatic N) is 3. The summed E-state index contributed by atoms with van der Waals surface area (Å²) in [5.74, 6) is 0. The number of hydrogen-bond donors (Lipinski definition) is 0. The summed E-state index contributed by atoms with van der Waals surface area (Å²) in [5, 5.41) is 22.8. The van der Waals surface area contributed by atoms with E-state index in [9.17, 15) is 20.2 Å². The van der Waals surface area contributed by atoms with E-state index >= 15 is 0 Å². The molecular formula is C18H14ClN3O4. The fraction of sp³-hybridized carbons (Fsp3) is 0.111. The van der Waals surface area contributed by atoms with E-state index in [2.05, 4.69) is 0 Å². The molecule has 3 rings (SSSR count). The predicted octanol–water partition coefficient (Wildman–Crippen LogP) is 5.05. The molecule has 0 saturated heterocycles. The Labute approximate surface area is 154 Å². The van der Waals surface area contributed by atoms with Crippen LogP contribution in [0.5, 0.6) is 0 Å². The second-order valence-corrected chi connectivity index (χ2v) is 6.06. The fourth-order valence-corrected chi connectivity index (χ4v) is 3.00. The van der Waals surface area contributed by atoms with Gasteiger partial charge in [-0.25, -0.2) is 0 Å². The molecule has 2 aromatic carbocycles. The summed E-state index contributed by atoms with van der Waals surface area (Å²) in [4.78, 5) is 23.0. The molecule has 7 nitrogen and oxygen atoms in total. The summed E-state index contributed by atoms with van der Waals surface area (Å²) in [6.07, 6.45) is 5.37. The lowest BCUT2D eigenvalue weighted by Gasteiger charge is -2.26. The van der Waals surface area contributed by atoms with Crippen molar-refractivity contribution in [2.24, 2.45) is 0 Å². The van der Waals surface area contributed by atoms with Crippen molar-refractivity contribution in [1.29, 1.82) is 0 Å². The van der Waals surface area contributed by atoms with E-state index in [1.54, 1.807) is 18.2 Å². The Morgan fingerprint density at radius 2 is 1.88 bits per heavy atom. The Kier molecular flexibility index (Phi) is 4.73. The van der Waals surface area contributed by atoms with E-state index in [-0.39, 0.29) is 16.9 Å². The molecule has 0 unspecified atom stereocenters. The Bertz CT molecular complexity index is 969. The molecular weight excluding hydrogens is 358 g/mol. The maximum absolute atomic E-state index is 11.3. The molecule has 0 radical (unpaired) electrons. The third-order valence-corrected chi connectivity index (χ3v) is 4.32. The summed E-state index contributed by atoms with van der Waals surface area (Å²) in [6, 6.07) is 9.08. The number of nitro benzene ring substituents is 2. The van der Waals surface area contributed by atoms with Crippen molar-refractivity contribution in [3.8, 4) is 0 Å². The molecule has 0 bridgehead atoms. The molecule has 0 fully saturated rings. The molecule has 1 aliphatic rings. The summed E-state index contributed by atoms with van der Waals surface area (Å²) in [7, 11) is 0. The van der Waals surface area contributed by atoms with E-state index in [1.807, 2.05) is 30.2 Å². The van der Waals surface area contributed by atoms with E-state index in [4.69, 9.17) is 11.6 Å². The molecule has 0 spiro atoms. The molecule has 8 heteroatoms. The van der Waals surface area contributed by atoms with Crippen LogP contribution < -0.4 is 4.90 Å². The zero-order valence-electron chi connectivity index (χ0n) is 13.8. The third kappa shape index (κ3) is 3.29. The highest BCUT2D eigenvalue weighted by Gasteiger charge is 2.20. The number of hydrogen-bond acceptors (Lipinski definition) is 5. The smallest absolute Gasteiger partial charge is 0.283 e. The highest BCUT2D eigenvalue weighted by Crippen LogP contribution is 2.37. The lowest BCUT2D eigenvalue weighted by atomic mass is 9.97. The number of nitro groups is 2. The number of benzene rings is 2. The summed E-state index contributed by atoms with van der Waals surface area (Å²) < 4.78 is 0. The van der Waals surface area contributed by atoms with Crippen molar-refractivity contribution in [3.63, 3.8) is 0 Å². The molecule has 2 aromatic rings. The van der Waals surface area contributed by atoms with Crippen molar-refractivity contribution in [1.82, 2.24) is 0 Å². The fourth-order valence-electron chi connectivity index (χ4n) is 2.83. The second-order valence-electron chi connectivity index (χ2n) is 5.62. The molecule has 26 heavy (non-hydrogen) atoms. The largest absolute Gasteiger partial charge is 0.348 e. The molecule has 0 atom stereocenters. The molecule has 132 valence electrons. The monoisotopic (exact) mass is 371 g/mol. The summed E-state index contributed by atoms with van der Waals surface area (Å²) >= 11 is 6.12. The normalized spacial score (nSPS) is 14.4. The summed E-state index contributed by atoms with van der Waals surface area (Å²) in [5.41, 5.74) is 2.17. The van der Waals surface area contributed by atoms with E-state index < -0.39 is 9.85 Å². The first-order chi connectivity index (χ1) is 12.4. The van der Waals surface area contributed by atoms with Crippen LogP contribution in [0.15, 0.2) is 48.7 Å². The first-order valence-corrected chi connectivity index (χ1v) is 8.18. The molecule has 1 heterocycles. The minimum Gasteiger partial charge on any atom is -0.348 e. The minimum atomic E-state index is -0.654. The standard InChI is InChI=1S/C18H14ClN3O4/c1-2-20-8-7-12(16-10-14(19)4-6-17(16)20)9-13-3-5-15(21(23)24)11-18(13)22(25)26/h3-11H,2H2,1H3/b12-9-. The Morgan fingerprint density at radius 1 is 1.12 bits per heavy atom. The van der Waals surface area contributed by atoms with Gasteiger partial charge in [0.25, 0.3) is 11.4 Å². The van der Waals surface area contributed by atoms with Gasteiger partial charge in [0.2, 0.25) is 0 Å².